The monoisotopic (exact) mass is 274 g/mol. The molecule has 0 unspecified atom stereocenters. The summed E-state index contributed by atoms with van der Waals surface area (Å²) in [5, 5.41) is 5.52. The van der Waals surface area contributed by atoms with Gasteiger partial charge in [-0.1, -0.05) is 29.3 Å². The highest BCUT2D eigenvalue weighted by Crippen LogP contribution is 2.25. The zero-order valence-corrected chi connectivity index (χ0v) is 10.8. The maximum Gasteiger partial charge on any atom is 0.137 e. The fraction of sp³-hybridized carbons (Fsp3) is 0.182. The molecule has 2 rings (SSSR count). The molecule has 0 aliphatic rings. The van der Waals surface area contributed by atoms with Gasteiger partial charge in [-0.2, -0.15) is 5.10 Å². The van der Waals surface area contributed by atoms with Gasteiger partial charge in [0.05, 0.1) is 17.3 Å². The van der Waals surface area contributed by atoms with Crippen LogP contribution in [0, 0.1) is 6.92 Å². The van der Waals surface area contributed by atoms with Gasteiger partial charge in [0, 0.05) is 10.6 Å². The van der Waals surface area contributed by atoms with Gasteiger partial charge in [0.15, 0.2) is 0 Å². The van der Waals surface area contributed by atoms with Crippen molar-refractivity contribution in [1.29, 1.82) is 0 Å². The molecule has 0 radical (unpaired) electrons. The average Bonchev–Trinajstić information content (AvgIpc) is 2.54. The van der Waals surface area contributed by atoms with Crippen molar-refractivity contribution in [2.24, 2.45) is 0 Å². The van der Waals surface area contributed by atoms with Crippen LogP contribution in [0.4, 0.5) is 0 Å². The Morgan fingerprint density at radius 3 is 2.62 bits per heavy atom. The highest BCUT2D eigenvalue weighted by molar-refractivity contribution is 6.32. The molecule has 1 aromatic heterocycles. The first-order valence-corrected chi connectivity index (χ1v) is 5.98. The molecule has 1 heterocycles. The first-order chi connectivity index (χ1) is 7.63. The smallest absolute Gasteiger partial charge is 0.137 e. The van der Waals surface area contributed by atoms with Crippen LogP contribution in [0.15, 0.2) is 24.3 Å². The number of nitrogens with zero attached hydrogens (tertiary/aromatic N) is 2. The maximum atomic E-state index is 6.19. The highest BCUT2D eigenvalue weighted by Gasteiger charge is 2.13. The summed E-state index contributed by atoms with van der Waals surface area (Å²) in [6, 6.07) is 7.35. The standard InChI is InChI=1S/C11H9Cl3N2/c1-7-10(6-12)11(14)16(15-7)9-4-2-3-8(13)5-9/h2-5H,6H2,1H3. The summed E-state index contributed by atoms with van der Waals surface area (Å²) in [4.78, 5) is 0. The first-order valence-electron chi connectivity index (χ1n) is 4.69. The third kappa shape index (κ3) is 2.05. The van der Waals surface area contributed by atoms with E-state index in [4.69, 9.17) is 34.8 Å². The minimum atomic E-state index is 0.352. The van der Waals surface area contributed by atoms with Crippen LogP contribution < -0.4 is 0 Å². The zero-order chi connectivity index (χ0) is 11.7. The Kier molecular flexibility index (Phi) is 3.43. The van der Waals surface area contributed by atoms with Crippen LogP contribution in [0.1, 0.15) is 11.3 Å². The van der Waals surface area contributed by atoms with Crippen molar-refractivity contribution in [3.05, 3.63) is 45.7 Å². The molecule has 0 amide bonds. The Balaban J connectivity index is 2.56. The van der Waals surface area contributed by atoms with Crippen molar-refractivity contribution in [3.63, 3.8) is 0 Å². The largest absolute Gasteiger partial charge is 0.222 e. The van der Waals surface area contributed by atoms with Gasteiger partial charge in [0.1, 0.15) is 5.15 Å². The number of halogens is 3. The van der Waals surface area contributed by atoms with E-state index in [9.17, 15) is 0 Å². The van der Waals surface area contributed by atoms with Crippen molar-refractivity contribution in [1.82, 2.24) is 9.78 Å². The fourth-order valence-corrected chi connectivity index (χ4v) is 2.37. The normalized spacial score (nSPS) is 10.8. The second-order valence-electron chi connectivity index (χ2n) is 3.38. The molecule has 2 nitrogen and oxygen atoms in total. The first kappa shape index (κ1) is 11.8. The zero-order valence-electron chi connectivity index (χ0n) is 8.54. The summed E-state index contributed by atoms with van der Waals surface area (Å²) in [6.45, 7) is 1.88. The molecule has 2 aromatic rings. The van der Waals surface area contributed by atoms with Gasteiger partial charge in [-0.05, 0) is 25.1 Å². The minimum Gasteiger partial charge on any atom is -0.222 e. The highest BCUT2D eigenvalue weighted by atomic mass is 35.5. The molecular formula is C11H9Cl3N2. The Bertz CT molecular complexity index is 520. The van der Waals surface area contributed by atoms with Crippen LogP contribution in [0.5, 0.6) is 0 Å². The van der Waals surface area contributed by atoms with E-state index in [2.05, 4.69) is 5.10 Å². The molecule has 0 atom stereocenters. The molecule has 0 saturated heterocycles. The molecule has 1 aromatic carbocycles. The predicted molar refractivity (Wildman–Crippen MR) is 67.9 cm³/mol. The third-order valence-corrected chi connectivity index (χ3v) is 3.20. The summed E-state index contributed by atoms with van der Waals surface area (Å²) in [5.74, 6) is 0.352. The van der Waals surface area contributed by atoms with Gasteiger partial charge in [-0.3, -0.25) is 0 Å². The molecule has 0 spiro atoms. The maximum absolute atomic E-state index is 6.19. The molecular weight excluding hydrogens is 266 g/mol. The van der Waals surface area contributed by atoms with Gasteiger partial charge < -0.3 is 0 Å². The second kappa shape index (κ2) is 4.66. The van der Waals surface area contributed by atoms with Gasteiger partial charge >= 0.3 is 0 Å². The Morgan fingerprint density at radius 2 is 2.06 bits per heavy atom. The van der Waals surface area contributed by atoms with Gasteiger partial charge in [-0.15, -0.1) is 11.6 Å². The lowest BCUT2D eigenvalue weighted by Crippen LogP contribution is -1.96. The molecule has 0 aliphatic carbocycles. The molecule has 84 valence electrons. The number of hydrogen-bond donors (Lipinski definition) is 0. The number of aromatic nitrogens is 2. The van der Waals surface area contributed by atoms with E-state index < -0.39 is 0 Å². The fourth-order valence-electron chi connectivity index (χ4n) is 1.46. The molecule has 5 heteroatoms. The van der Waals surface area contributed by atoms with Crippen molar-refractivity contribution in [2.75, 3.05) is 0 Å². The van der Waals surface area contributed by atoms with E-state index in [1.54, 1.807) is 16.8 Å². The Morgan fingerprint density at radius 1 is 1.31 bits per heavy atom. The van der Waals surface area contributed by atoms with E-state index >= 15 is 0 Å². The lowest BCUT2D eigenvalue weighted by molar-refractivity contribution is 0.863. The van der Waals surface area contributed by atoms with Crippen molar-refractivity contribution in [3.8, 4) is 5.69 Å². The number of alkyl halides is 1. The number of benzene rings is 1. The molecule has 0 N–H and O–H groups in total. The summed E-state index contributed by atoms with van der Waals surface area (Å²) in [6.07, 6.45) is 0. The lowest BCUT2D eigenvalue weighted by atomic mass is 10.3. The van der Waals surface area contributed by atoms with Crippen LogP contribution in [-0.2, 0) is 5.88 Å². The van der Waals surface area contributed by atoms with Gasteiger partial charge in [-0.25, -0.2) is 4.68 Å². The summed E-state index contributed by atoms with van der Waals surface area (Å²) < 4.78 is 1.64. The third-order valence-electron chi connectivity index (χ3n) is 2.31. The van der Waals surface area contributed by atoms with Crippen LogP contribution in [0.3, 0.4) is 0 Å². The molecule has 0 saturated carbocycles. The summed E-state index contributed by atoms with van der Waals surface area (Å²) in [7, 11) is 0. The molecule has 16 heavy (non-hydrogen) atoms. The van der Waals surface area contributed by atoms with Crippen molar-refractivity contribution >= 4 is 34.8 Å². The molecule has 0 bridgehead atoms. The molecule has 0 fully saturated rings. The van der Waals surface area contributed by atoms with Crippen LogP contribution in [0.2, 0.25) is 10.2 Å². The van der Waals surface area contributed by atoms with E-state index in [1.165, 1.54) is 0 Å². The Hall–Kier alpha value is -0.700. The molecule has 0 aliphatic heterocycles. The predicted octanol–water partition coefficient (Wildman–Crippen LogP) is 4.23. The quantitative estimate of drug-likeness (QED) is 0.750. The number of aryl methyl sites for hydroxylation is 1. The van der Waals surface area contributed by atoms with E-state index in [0.29, 0.717) is 16.1 Å². The number of hydrogen-bond acceptors (Lipinski definition) is 1. The van der Waals surface area contributed by atoms with E-state index in [1.807, 2.05) is 19.1 Å². The SMILES string of the molecule is Cc1nn(-c2cccc(Cl)c2)c(Cl)c1CCl. The van der Waals surface area contributed by atoms with Crippen LogP contribution >= 0.6 is 34.8 Å². The van der Waals surface area contributed by atoms with Crippen LogP contribution in [0.25, 0.3) is 5.69 Å². The summed E-state index contributed by atoms with van der Waals surface area (Å²) >= 11 is 17.9. The number of rotatable bonds is 2. The second-order valence-corrected chi connectivity index (χ2v) is 4.44. The minimum absolute atomic E-state index is 0.352. The average molecular weight is 276 g/mol. The van der Waals surface area contributed by atoms with Crippen molar-refractivity contribution in [2.45, 2.75) is 12.8 Å². The van der Waals surface area contributed by atoms with Gasteiger partial charge in [0.25, 0.3) is 0 Å². The lowest BCUT2D eigenvalue weighted by Gasteiger charge is -2.03. The van der Waals surface area contributed by atoms with Gasteiger partial charge in [0.2, 0.25) is 0 Å². The topological polar surface area (TPSA) is 17.8 Å². The van der Waals surface area contributed by atoms with E-state index in [-0.39, 0.29) is 0 Å². The van der Waals surface area contributed by atoms with Crippen LogP contribution in [-0.4, -0.2) is 9.78 Å². The Labute approximate surface area is 109 Å². The van der Waals surface area contributed by atoms with Crippen molar-refractivity contribution < 1.29 is 0 Å². The van der Waals surface area contributed by atoms with E-state index in [0.717, 1.165) is 16.9 Å². The summed E-state index contributed by atoms with van der Waals surface area (Å²) in [5.41, 5.74) is 2.51.